The van der Waals surface area contributed by atoms with Gasteiger partial charge >= 0.3 is 0 Å². The van der Waals surface area contributed by atoms with Crippen LogP contribution in [0.1, 0.15) is 41.2 Å². The summed E-state index contributed by atoms with van der Waals surface area (Å²) in [6.07, 6.45) is 5.81. The number of likely N-dealkylation sites (tertiary alicyclic amines) is 1. The lowest BCUT2D eigenvalue weighted by molar-refractivity contribution is -0.126. The Labute approximate surface area is 188 Å². The van der Waals surface area contributed by atoms with Gasteiger partial charge in [-0.3, -0.25) is 9.69 Å². The summed E-state index contributed by atoms with van der Waals surface area (Å²) >= 11 is 1.70. The maximum atomic E-state index is 12.6. The number of para-hydroxylation sites is 1. The first kappa shape index (κ1) is 21.7. The van der Waals surface area contributed by atoms with E-state index in [1.807, 2.05) is 36.7 Å². The number of hydrogen-bond donors (Lipinski definition) is 1. The summed E-state index contributed by atoms with van der Waals surface area (Å²) in [7, 11) is 0. The van der Waals surface area contributed by atoms with E-state index in [0.29, 0.717) is 6.54 Å². The van der Waals surface area contributed by atoms with Crippen molar-refractivity contribution in [3.05, 3.63) is 63.9 Å². The van der Waals surface area contributed by atoms with E-state index in [-0.39, 0.29) is 11.8 Å². The summed E-state index contributed by atoms with van der Waals surface area (Å²) in [5.41, 5.74) is 4.51. The fraction of sp³-hybridized carbons (Fsp3) is 0.458. The number of nitrogens with zero attached hydrogens (tertiary/aromatic N) is 4. The predicted octanol–water partition coefficient (Wildman–Crippen LogP) is 3.91. The van der Waals surface area contributed by atoms with Crippen molar-refractivity contribution in [1.82, 2.24) is 25.0 Å². The minimum Gasteiger partial charge on any atom is -0.356 e. The molecule has 0 radical (unpaired) electrons. The lowest BCUT2D eigenvalue weighted by Crippen LogP contribution is -2.40. The first-order valence-electron chi connectivity index (χ1n) is 11.1. The van der Waals surface area contributed by atoms with Crippen LogP contribution in [-0.2, 0) is 17.8 Å². The Hall–Kier alpha value is -2.51. The number of carbonyl (C=O) groups excluding carboxylic acids is 1. The fourth-order valence-electron chi connectivity index (χ4n) is 4.15. The van der Waals surface area contributed by atoms with Gasteiger partial charge in [-0.2, -0.15) is 5.10 Å². The molecule has 1 amide bonds. The van der Waals surface area contributed by atoms with Crippen molar-refractivity contribution in [3.63, 3.8) is 0 Å². The molecule has 1 aliphatic rings. The summed E-state index contributed by atoms with van der Waals surface area (Å²) in [6, 6.07) is 10.2. The molecule has 1 N–H and O–H groups in total. The van der Waals surface area contributed by atoms with Gasteiger partial charge in [-0.1, -0.05) is 18.2 Å². The number of carbonyl (C=O) groups is 1. The monoisotopic (exact) mass is 437 g/mol. The molecule has 0 bridgehead atoms. The molecule has 0 atom stereocenters. The van der Waals surface area contributed by atoms with E-state index >= 15 is 0 Å². The van der Waals surface area contributed by atoms with Crippen LogP contribution in [0.4, 0.5) is 0 Å². The fourth-order valence-corrected chi connectivity index (χ4v) is 4.76. The molecule has 1 aromatic carbocycles. The van der Waals surface area contributed by atoms with Gasteiger partial charge in [-0.25, -0.2) is 9.67 Å². The molecule has 2 aromatic heterocycles. The second-order valence-electron chi connectivity index (χ2n) is 8.32. The Morgan fingerprint density at radius 2 is 1.97 bits per heavy atom. The number of thiazole rings is 1. The second kappa shape index (κ2) is 10.2. The summed E-state index contributed by atoms with van der Waals surface area (Å²) in [5.74, 6) is 0.344. The van der Waals surface area contributed by atoms with Crippen molar-refractivity contribution in [1.29, 1.82) is 0 Å². The van der Waals surface area contributed by atoms with Crippen molar-refractivity contribution in [2.24, 2.45) is 5.92 Å². The normalized spacial score (nSPS) is 15.3. The van der Waals surface area contributed by atoms with E-state index in [0.717, 1.165) is 67.4 Å². The Bertz CT molecular complexity index is 989. The van der Waals surface area contributed by atoms with Gasteiger partial charge in [-0.05, 0) is 70.3 Å². The molecule has 0 aliphatic carbocycles. The highest BCUT2D eigenvalue weighted by molar-refractivity contribution is 7.09. The van der Waals surface area contributed by atoms with Crippen LogP contribution < -0.4 is 5.32 Å². The second-order valence-corrected chi connectivity index (χ2v) is 9.38. The van der Waals surface area contributed by atoms with Crippen LogP contribution in [0.3, 0.4) is 0 Å². The summed E-state index contributed by atoms with van der Waals surface area (Å²) in [6.45, 7) is 7.64. The summed E-state index contributed by atoms with van der Waals surface area (Å²) in [4.78, 5) is 19.5. The van der Waals surface area contributed by atoms with Crippen molar-refractivity contribution in [3.8, 4) is 5.69 Å². The Morgan fingerprint density at radius 1 is 1.19 bits per heavy atom. The van der Waals surface area contributed by atoms with Crippen LogP contribution in [0.15, 0.2) is 41.9 Å². The zero-order chi connectivity index (χ0) is 21.6. The molecular weight excluding hydrogens is 406 g/mol. The van der Waals surface area contributed by atoms with Crippen molar-refractivity contribution in [2.45, 2.75) is 46.1 Å². The van der Waals surface area contributed by atoms with Crippen LogP contribution in [0.2, 0.25) is 0 Å². The highest BCUT2D eigenvalue weighted by Gasteiger charge is 2.25. The SMILES string of the molecule is Cc1nc(CN2CCC(C(=O)NCCCc3cn(-c4ccccc4)nc3C)CC2)cs1. The standard InChI is InChI=1S/C24H31N5OS/c1-18-21(15-29(27-18)23-8-4-3-5-9-23)7-6-12-25-24(30)20-10-13-28(14-11-20)16-22-17-31-19(2)26-22/h3-5,8-9,15,17,20H,6-7,10-14,16H2,1-2H3,(H,25,30). The predicted molar refractivity (Wildman–Crippen MR) is 124 cm³/mol. The third kappa shape index (κ3) is 5.80. The minimum absolute atomic E-state index is 0.135. The van der Waals surface area contributed by atoms with E-state index < -0.39 is 0 Å². The van der Waals surface area contributed by atoms with E-state index in [4.69, 9.17) is 0 Å². The van der Waals surface area contributed by atoms with Gasteiger partial charge in [-0.15, -0.1) is 11.3 Å². The maximum absolute atomic E-state index is 12.6. The highest BCUT2D eigenvalue weighted by atomic mass is 32.1. The van der Waals surface area contributed by atoms with Crippen LogP contribution >= 0.6 is 11.3 Å². The number of piperidine rings is 1. The average Bonchev–Trinajstić information content (AvgIpc) is 3.37. The van der Waals surface area contributed by atoms with Crippen molar-refractivity contribution >= 4 is 17.2 Å². The molecule has 6 nitrogen and oxygen atoms in total. The zero-order valence-electron chi connectivity index (χ0n) is 18.4. The number of aryl methyl sites for hydroxylation is 3. The third-order valence-electron chi connectivity index (χ3n) is 5.95. The first-order chi connectivity index (χ1) is 15.1. The Balaban J connectivity index is 1.17. The smallest absolute Gasteiger partial charge is 0.223 e. The quantitative estimate of drug-likeness (QED) is 0.543. The molecule has 1 aliphatic heterocycles. The topological polar surface area (TPSA) is 63.1 Å². The minimum atomic E-state index is 0.135. The lowest BCUT2D eigenvalue weighted by Gasteiger charge is -2.30. The largest absolute Gasteiger partial charge is 0.356 e. The van der Waals surface area contributed by atoms with Gasteiger partial charge in [0.15, 0.2) is 0 Å². The number of hydrogen-bond acceptors (Lipinski definition) is 5. The van der Waals surface area contributed by atoms with Crippen LogP contribution in [-0.4, -0.2) is 45.2 Å². The number of nitrogens with one attached hydrogen (secondary N) is 1. The molecular formula is C24H31N5OS. The first-order valence-corrected chi connectivity index (χ1v) is 12.0. The van der Waals surface area contributed by atoms with E-state index in [1.54, 1.807) is 11.3 Å². The Morgan fingerprint density at radius 3 is 2.68 bits per heavy atom. The molecule has 0 unspecified atom stereocenters. The third-order valence-corrected chi connectivity index (χ3v) is 6.78. The number of benzene rings is 1. The molecule has 7 heteroatoms. The van der Waals surface area contributed by atoms with Gasteiger partial charge in [0.05, 0.1) is 22.1 Å². The molecule has 3 heterocycles. The molecule has 0 saturated carbocycles. The highest BCUT2D eigenvalue weighted by Crippen LogP contribution is 2.20. The van der Waals surface area contributed by atoms with Gasteiger partial charge in [0.25, 0.3) is 0 Å². The molecule has 0 spiro atoms. The molecule has 3 aromatic rings. The Kier molecular flexibility index (Phi) is 7.14. The molecule has 4 rings (SSSR count). The van der Waals surface area contributed by atoms with E-state index in [9.17, 15) is 4.79 Å². The van der Waals surface area contributed by atoms with Gasteiger partial charge in [0, 0.05) is 30.6 Å². The number of aromatic nitrogens is 3. The zero-order valence-corrected chi connectivity index (χ0v) is 19.2. The van der Waals surface area contributed by atoms with Gasteiger partial charge in [0.2, 0.25) is 5.91 Å². The summed E-state index contributed by atoms with van der Waals surface area (Å²) < 4.78 is 1.93. The van der Waals surface area contributed by atoms with E-state index in [2.05, 4.69) is 44.0 Å². The van der Waals surface area contributed by atoms with E-state index in [1.165, 1.54) is 5.56 Å². The molecule has 1 fully saturated rings. The molecule has 164 valence electrons. The maximum Gasteiger partial charge on any atom is 0.223 e. The van der Waals surface area contributed by atoms with Crippen LogP contribution in [0.25, 0.3) is 5.69 Å². The average molecular weight is 438 g/mol. The van der Waals surface area contributed by atoms with Crippen LogP contribution in [0.5, 0.6) is 0 Å². The lowest BCUT2D eigenvalue weighted by atomic mass is 9.95. The number of amides is 1. The van der Waals surface area contributed by atoms with Crippen molar-refractivity contribution < 1.29 is 4.79 Å². The van der Waals surface area contributed by atoms with Crippen LogP contribution in [0, 0.1) is 19.8 Å². The number of rotatable bonds is 8. The van der Waals surface area contributed by atoms with Crippen molar-refractivity contribution in [2.75, 3.05) is 19.6 Å². The molecule has 31 heavy (non-hydrogen) atoms. The van der Waals surface area contributed by atoms with Gasteiger partial charge < -0.3 is 5.32 Å². The van der Waals surface area contributed by atoms with Gasteiger partial charge in [0.1, 0.15) is 0 Å². The molecule has 1 saturated heterocycles. The summed E-state index contributed by atoms with van der Waals surface area (Å²) in [5, 5.41) is 11.0.